The summed E-state index contributed by atoms with van der Waals surface area (Å²) in [5, 5.41) is 0. The maximum atomic E-state index is 14.9. The smallest absolute Gasteiger partial charge is 0.338 e. The van der Waals surface area contributed by atoms with Crippen molar-refractivity contribution in [3.63, 3.8) is 0 Å². The molecule has 0 saturated heterocycles. The van der Waals surface area contributed by atoms with Crippen LogP contribution in [0.5, 0.6) is 11.5 Å². The van der Waals surface area contributed by atoms with Crippen LogP contribution in [0.15, 0.2) is 104 Å². The van der Waals surface area contributed by atoms with Crippen molar-refractivity contribution in [1.29, 1.82) is 0 Å². The predicted molar refractivity (Wildman–Crippen MR) is 134 cm³/mol. The lowest BCUT2D eigenvalue weighted by molar-refractivity contribution is -0.134. The maximum Gasteiger partial charge on any atom is 0.338 e. The van der Waals surface area contributed by atoms with E-state index in [9.17, 15) is 22.8 Å². The van der Waals surface area contributed by atoms with Crippen LogP contribution in [0, 0.1) is 17.5 Å². The molecule has 0 heterocycles. The number of hydrogen-bond acceptors (Lipinski definition) is 6. The number of esters is 2. The number of hydrogen-bond donors (Lipinski definition) is 0. The first-order valence-corrected chi connectivity index (χ1v) is 10.9. The first-order valence-electron chi connectivity index (χ1n) is 10.9. The van der Waals surface area contributed by atoms with Crippen molar-refractivity contribution in [1.82, 2.24) is 0 Å². The van der Waals surface area contributed by atoms with Crippen LogP contribution in [0.4, 0.5) is 13.2 Å². The molecule has 0 N–H and O–H groups in total. The van der Waals surface area contributed by atoms with Crippen LogP contribution < -0.4 is 9.47 Å². The summed E-state index contributed by atoms with van der Waals surface area (Å²) in [6.45, 7) is 8.13. The molecule has 38 heavy (non-hydrogen) atoms. The second kappa shape index (κ2) is 12.8. The Morgan fingerprint density at radius 1 is 0.737 bits per heavy atom. The molecule has 9 heteroatoms. The van der Waals surface area contributed by atoms with Gasteiger partial charge in [-0.3, -0.25) is 0 Å². The van der Waals surface area contributed by atoms with Crippen LogP contribution in [0.25, 0.3) is 22.3 Å². The molecule has 0 atom stereocenters. The predicted octanol–water partition coefficient (Wildman–Crippen LogP) is 6.99. The van der Waals surface area contributed by atoms with Gasteiger partial charge in [0.1, 0.15) is 42.4 Å². The molecule has 0 aromatic heterocycles. The van der Waals surface area contributed by atoms with Crippen molar-refractivity contribution in [2.24, 2.45) is 0 Å². The van der Waals surface area contributed by atoms with Crippen LogP contribution >= 0.6 is 0 Å². The molecule has 0 bridgehead atoms. The van der Waals surface area contributed by atoms with E-state index in [0.717, 1.165) is 49.3 Å². The molecule has 194 valence electrons. The summed E-state index contributed by atoms with van der Waals surface area (Å²) in [6, 6.07) is 11.8. The van der Waals surface area contributed by atoms with E-state index in [4.69, 9.17) is 14.2 Å². The van der Waals surface area contributed by atoms with Gasteiger partial charge in [0.05, 0.1) is 0 Å². The molecule has 0 aliphatic heterocycles. The average molecular weight is 522 g/mol. The SMILES string of the molecule is C=CC(=O)O/C=C\Oc1ccc(-c2ccc(-c3ccc(O/C=C\OC(=O)C(=C)C)c(F)c3)c(F)c2)c(F)c1. The Hall–Kier alpha value is -5.05. The Balaban J connectivity index is 1.71. The highest BCUT2D eigenvalue weighted by atomic mass is 19.1. The van der Waals surface area contributed by atoms with Crippen molar-refractivity contribution < 1.29 is 41.7 Å². The van der Waals surface area contributed by atoms with Crippen molar-refractivity contribution >= 4 is 11.9 Å². The second-order valence-electron chi connectivity index (χ2n) is 7.59. The third kappa shape index (κ3) is 7.23. The first kappa shape index (κ1) is 27.5. The van der Waals surface area contributed by atoms with E-state index in [1.165, 1.54) is 43.3 Å². The summed E-state index contributed by atoms with van der Waals surface area (Å²) in [6.07, 6.45) is 4.92. The zero-order valence-electron chi connectivity index (χ0n) is 20.1. The molecule has 0 unspecified atom stereocenters. The Morgan fingerprint density at radius 2 is 1.32 bits per heavy atom. The summed E-state index contributed by atoms with van der Waals surface area (Å²) < 4.78 is 63.6. The first-order chi connectivity index (χ1) is 18.2. The zero-order chi connectivity index (χ0) is 27.7. The molecule has 6 nitrogen and oxygen atoms in total. The standard InChI is InChI=1S/C29H21F3O6/c1-4-28(33)37-13-11-35-21-7-9-23(25(31)17-21)19-5-8-22(24(30)15-19)20-6-10-27(26(32)16-20)36-12-14-38-29(34)18(2)3/h4-17H,1-2H2,3H3/b13-11-,14-12-. The summed E-state index contributed by atoms with van der Waals surface area (Å²) in [5.41, 5.74) is 0.860. The van der Waals surface area contributed by atoms with E-state index in [1.807, 2.05) is 0 Å². The number of rotatable bonds is 10. The molecular formula is C29H21F3O6. The molecule has 0 fully saturated rings. The van der Waals surface area contributed by atoms with Gasteiger partial charge in [-0.25, -0.2) is 22.8 Å². The Kier molecular flexibility index (Phi) is 9.26. The van der Waals surface area contributed by atoms with Gasteiger partial charge in [0.2, 0.25) is 0 Å². The van der Waals surface area contributed by atoms with Crippen molar-refractivity contribution in [2.75, 3.05) is 0 Å². The molecule has 3 rings (SSSR count). The Labute approximate surface area is 216 Å². The molecule has 0 amide bonds. The largest absolute Gasteiger partial charge is 0.462 e. The van der Waals surface area contributed by atoms with Crippen LogP contribution in [0.3, 0.4) is 0 Å². The van der Waals surface area contributed by atoms with Crippen molar-refractivity contribution in [3.05, 3.63) is 122 Å². The van der Waals surface area contributed by atoms with Crippen LogP contribution in [-0.4, -0.2) is 11.9 Å². The lowest BCUT2D eigenvalue weighted by atomic mass is 9.99. The van der Waals surface area contributed by atoms with Crippen LogP contribution in [-0.2, 0) is 19.1 Å². The highest BCUT2D eigenvalue weighted by Crippen LogP contribution is 2.32. The van der Waals surface area contributed by atoms with Crippen LogP contribution in [0.1, 0.15) is 6.92 Å². The van der Waals surface area contributed by atoms with Crippen molar-refractivity contribution in [3.8, 4) is 33.8 Å². The minimum Gasteiger partial charge on any atom is -0.462 e. The number of ether oxygens (including phenoxy) is 4. The van der Waals surface area contributed by atoms with Gasteiger partial charge >= 0.3 is 11.9 Å². The average Bonchev–Trinajstić information content (AvgIpc) is 2.89. The number of carbonyl (C=O) groups is 2. The van der Waals surface area contributed by atoms with Gasteiger partial charge in [-0.1, -0.05) is 31.4 Å². The molecule has 0 radical (unpaired) electrons. The highest BCUT2D eigenvalue weighted by molar-refractivity contribution is 5.87. The molecular weight excluding hydrogens is 501 g/mol. The summed E-state index contributed by atoms with van der Waals surface area (Å²) >= 11 is 0. The minimum atomic E-state index is -0.781. The van der Waals surface area contributed by atoms with Gasteiger partial charge in [-0.15, -0.1) is 0 Å². The summed E-state index contributed by atoms with van der Waals surface area (Å²) in [4.78, 5) is 22.3. The number of halogens is 3. The number of carbonyl (C=O) groups excluding carboxylic acids is 2. The van der Waals surface area contributed by atoms with Gasteiger partial charge < -0.3 is 18.9 Å². The lowest BCUT2D eigenvalue weighted by Crippen LogP contribution is -1.99. The van der Waals surface area contributed by atoms with E-state index in [2.05, 4.69) is 17.9 Å². The molecule has 0 aliphatic rings. The van der Waals surface area contributed by atoms with Crippen molar-refractivity contribution in [2.45, 2.75) is 6.92 Å². The third-order valence-electron chi connectivity index (χ3n) is 4.85. The van der Waals surface area contributed by atoms with Gasteiger partial charge in [0.15, 0.2) is 11.6 Å². The fourth-order valence-electron chi connectivity index (χ4n) is 3.02. The molecule has 0 aliphatic carbocycles. The Bertz CT molecular complexity index is 1440. The van der Waals surface area contributed by atoms with Gasteiger partial charge in [0, 0.05) is 28.8 Å². The monoisotopic (exact) mass is 522 g/mol. The van der Waals surface area contributed by atoms with E-state index < -0.39 is 29.4 Å². The lowest BCUT2D eigenvalue weighted by Gasteiger charge is -2.10. The van der Waals surface area contributed by atoms with Gasteiger partial charge in [-0.2, -0.15) is 0 Å². The topological polar surface area (TPSA) is 71.1 Å². The third-order valence-corrected chi connectivity index (χ3v) is 4.85. The molecule has 0 spiro atoms. The van der Waals surface area contributed by atoms with E-state index in [0.29, 0.717) is 0 Å². The summed E-state index contributed by atoms with van der Waals surface area (Å²) in [7, 11) is 0. The molecule has 3 aromatic carbocycles. The van der Waals surface area contributed by atoms with Gasteiger partial charge in [-0.05, 0) is 48.4 Å². The molecule has 0 saturated carbocycles. The van der Waals surface area contributed by atoms with Gasteiger partial charge in [0.25, 0.3) is 0 Å². The van der Waals surface area contributed by atoms with E-state index >= 15 is 0 Å². The Morgan fingerprint density at radius 3 is 1.92 bits per heavy atom. The van der Waals surface area contributed by atoms with E-state index in [1.54, 1.807) is 0 Å². The molecule has 3 aromatic rings. The zero-order valence-corrected chi connectivity index (χ0v) is 20.1. The highest BCUT2D eigenvalue weighted by Gasteiger charge is 2.13. The van der Waals surface area contributed by atoms with Crippen LogP contribution in [0.2, 0.25) is 0 Å². The summed E-state index contributed by atoms with van der Waals surface area (Å²) in [5.74, 6) is -3.56. The normalized spacial score (nSPS) is 10.8. The fraction of sp³-hybridized carbons (Fsp3) is 0.0345. The maximum absolute atomic E-state index is 14.9. The minimum absolute atomic E-state index is 0.0877. The fourth-order valence-corrected chi connectivity index (χ4v) is 3.02. The number of benzene rings is 3. The second-order valence-corrected chi connectivity index (χ2v) is 7.59. The van der Waals surface area contributed by atoms with E-state index in [-0.39, 0.29) is 39.3 Å². The quantitative estimate of drug-likeness (QED) is 0.162.